The minimum absolute atomic E-state index is 0.148. The molecule has 1 aliphatic rings. The van der Waals surface area contributed by atoms with Gasteiger partial charge in [0.05, 0.1) is 19.7 Å². The fourth-order valence-corrected chi connectivity index (χ4v) is 4.18. The first-order valence-electron chi connectivity index (χ1n) is 9.16. The third-order valence-electron chi connectivity index (χ3n) is 4.39. The lowest BCUT2D eigenvalue weighted by Crippen LogP contribution is -2.51. The van der Waals surface area contributed by atoms with Crippen LogP contribution >= 0.6 is 23.4 Å². The van der Waals surface area contributed by atoms with Crippen LogP contribution in [-0.4, -0.2) is 54.0 Å². The number of furan rings is 1. The van der Waals surface area contributed by atoms with Crippen molar-refractivity contribution in [1.82, 2.24) is 10.2 Å². The molecule has 0 bridgehead atoms. The molecule has 2 aromatic rings. The highest BCUT2D eigenvalue weighted by molar-refractivity contribution is 7.99. The van der Waals surface area contributed by atoms with Crippen LogP contribution in [0.3, 0.4) is 0 Å². The van der Waals surface area contributed by atoms with E-state index in [-0.39, 0.29) is 24.5 Å². The van der Waals surface area contributed by atoms with Crippen molar-refractivity contribution < 1.29 is 18.7 Å². The van der Waals surface area contributed by atoms with Crippen LogP contribution in [-0.2, 0) is 20.9 Å². The SMILES string of the molecule is CCOC(=O)C1CSCCN1CC(=O)NCc1ccc(-c2ccc(Cl)cc2)o1. The summed E-state index contributed by atoms with van der Waals surface area (Å²) in [5, 5.41) is 3.52. The predicted octanol–water partition coefficient (Wildman–Crippen LogP) is 3.20. The monoisotopic (exact) mass is 422 g/mol. The second-order valence-electron chi connectivity index (χ2n) is 6.36. The maximum Gasteiger partial charge on any atom is 0.324 e. The van der Waals surface area contributed by atoms with E-state index in [0.717, 1.165) is 17.1 Å². The van der Waals surface area contributed by atoms with Gasteiger partial charge in [-0.2, -0.15) is 11.8 Å². The Kier molecular flexibility index (Phi) is 7.42. The molecule has 1 saturated heterocycles. The first-order valence-corrected chi connectivity index (χ1v) is 10.7. The van der Waals surface area contributed by atoms with Gasteiger partial charge in [0.25, 0.3) is 0 Å². The third-order valence-corrected chi connectivity index (χ3v) is 5.67. The summed E-state index contributed by atoms with van der Waals surface area (Å²) in [7, 11) is 0. The molecular formula is C20H23ClN2O4S. The second-order valence-corrected chi connectivity index (χ2v) is 7.95. The summed E-state index contributed by atoms with van der Waals surface area (Å²) >= 11 is 7.61. The summed E-state index contributed by atoms with van der Waals surface area (Å²) in [6, 6.07) is 10.7. The van der Waals surface area contributed by atoms with E-state index < -0.39 is 0 Å². The number of amides is 1. The van der Waals surface area contributed by atoms with Crippen LogP contribution in [0.25, 0.3) is 11.3 Å². The molecule has 8 heteroatoms. The topological polar surface area (TPSA) is 71.8 Å². The molecule has 28 heavy (non-hydrogen) atoms. The highest BCUT2D eigenvalue weighted by Gasteiger charge is 2.31. The van der Waals surface area contributed by atoms with E-state index in [0.29, 0.717) is 36.2 Å². The number of halogens is 1. The molecule has 2 heterocycles. The van der Waals surface area contributed by atoms with E-state index in [9.17, 15) is 9.59 Å². The summed E-state index contributed by atoms with van der Waals surface area (Å²) in [4.78, 5) is 26.3. The van der Waals surface area contributed by atoms with Crippen LogP contribution in [0.2, 0.25) is 5.02 Å². The van der Waals surface area contributed by atoms with Gasteiger partial charge in [-0.05, 0) is 43.3 Å². The molecule has 0 aliphatic carbocycles. The number of carbonyl (C=O) groups excluding carboxylic acids is 2. The number of ether oxygens (including phenoxy) is 1. The smallest absolute Gasteiger partial charge is 0.324 e. The van der Waals surface area contributed by atoms with Crippen LogP contribution in [0.5, 0.6) is 0 Å². The molecule has 6 nitrogen and oxygen atoms in total. The van der Waals surface area contributed by atoms with E-state index in [1.54, 1.807) is 30.8 Å². The Hall–Kier alpha value is -1.96. The standard InChI is InChI=1S/C20H23ClN2O4S/c1-2-26-20(25)17-13-28-10-9-23(17)12-19(24)22-11-16-7-8-18(27-16)14-3-5-15(21)6-4-14/h3-8,17H,2,9-13H2,1H3,(H,22,24). The Labute approximate surface area is 173 Å². The fraction of sp³-hybridized carbons (Fsp3) is 0.400. The molecule has 1 N–H and O–H groups in total. The van der Waals surface area contributed by atoms with E-state index >= 15 is 0 Å². The van der Waals surface area contributed by atoms with Crippen molar-refractivity contribution in [3.05, 3.63) is 47.2 Å². The summed E-state index contributed by atoms with van der Waals surface area (Å²) < 4.78 is 10.9. The maximum absolute atomic E-state index is 12.4. The number of carbonyl (C=O) groups is 2. The van der Waals surface area contributed by atoms with Crippen LogP contribution in [0, 0.1) is 0 Å². The van der Waals surface area contributed by atoms with Crippen molar-refractivity contribution in [3.8, 4) is 11.3 Å². The van der Waals surface area contributed by atoms with Gasteiger partial charge in [-0.15, -0.1) is 0 Å². The third kappa shape index (κ3) is 5.53. The lowest BCUT2D eigenvalue weighted by molar-refractivity contribution is -0.149. The van der Waals surface area contributed by atoms with Gasteiger partial charge in [0, 0.05) is 28.6 Å². The Morgan fingerprint density at radius 2 is 2.07 bits per heavy atom. The molecule has 1 amide bonds. The summed E-state index contributed by atoms with van der Waals surface area (Å²) in [5.74, 6) is 2.51. The van der Waals surface area contributed by atoms with E-state index in [2.05, 4.69) is 5.32 Å². The Balaban J connectivity index is 1.52. The average Bonchev–Trinajstić information content (AvgIpc) is 3.16. The van der Waals surface area contributed by atoms with Crippen molar-refractivity contribution >= 4 is 35.2 Å². The van der Waals surface area contributed by atoms with Gasteiger partial charge in [-0.25, -0.2) is 0 Å². The van der Waals surface area contributed by atoms with Crippen molar-refractivity contribution in [2.24, 2.45) is 0 Å². The Bertz CT molecular complexity index is 809. The van der Waals surface area contributed by atoms with Crippen molar-refractivity contribution in [2.45, 2.75) is 19.5 Å². The van der Waals surface area contributed by atoms with E-state index in [1.165, 1.54) is 0 Å². The van der Waals surface area contributed by atoms with Gasteiger partial charge in [0.1, 0.15) is 17.6 Å². The maximum atomic E-state index is 12.4. The molecule has 0 spiro atoms. The van der Waals surface area contributed by atoms with Gasteiger partial charge in [-0.1, -0.05) is 11.6 Å². The van der Waals surface area contributed by atoms with Crippen LogP contribution in [0.4, 0.5) is 0 Å². The van der Waals surface area contributed by atoms with Gasteiger partial charge in [0.15, 0.2) is 0 Å². The first-order chi connectivity index (χ1) is 13.6. The Morgan fingerprint density at radius 1 is 1.29 bits per heavy atom. The molecule has 1 fully saturated rings. The highest BCUT2D eigenvalue weighted by Crippen LogP contribution is 2.24. The van der Waals surface area contributed by atoms with E-state index in [4.69, 9.17) is 20.8 Å². The lowest BCUT2D eigenvalue weighted by Gasteiger charge is -2.32. The van der Waals surface area contributed by atoms with Crippen molar-refractivity contribution in [1.29, 1.82) is 0 Å². The van der Waals surface area contributed by atoms with E-state index in [1.807, 2.05) is 29.2 Å². The molecule has 150 valence electrons. The van der Waals surface area contributed by atoms with Gasteiger partial charge in [0.2, 0.25) is 5.91 Å². The number of hydrogen-bond acceptors (Lipinski definition) is 6. The Morgan fingerprint density at radius 3 is 2.82 bits per heavy atom. The second kappa shape index (κ2) is 10.0. The molecular weight excluding hydrogens is 400 g/mol. The summed E-state index contributed by atoms with van der Waals surface area (Å²) in [6.07, 6.45) is 0. The molecule has 1 atom stereocenters. The molecule has 1 aromatic carbocycles. The molecule has 0 saturated carbocycles. The molecule has 1 unspecified atom stereocenters. The van der Waals surface area contributed by atoms with Gasteiger partial charge in [-0.3, -0.25) is 14.5 Å². The summed E-state index contributed by atoms with van der Waals surface area (Å²) in [5.41, 5.74) is 0.921. The zero-order chi connectivity index (χ0) is 19.9. The van der Waals surface area contributed by atoms with Gasteiger partial charge < -0.3 is 14.5 Å². The number of esters is 1. The zero-order valence-corrected chi connectivity index (χ0v) is 17.2. The van der Waals surface area contributed by atoms with Gasteiger partial charge >= 0.3 is 5.97 Å². The normalized spacial score (nSPS) is 17.3. The largest absolute Gasteiger partial charge is 0.465 e. The van der Waals surface area contributed by atoms with Crippen molar-refractivity contribution in [2.75, 3.05) is 31.2 Å². The lowest BCUT2D eigenvalue weighted by atomic mass is 10.2. The zero-order valence-electron chi connectivity index (χ0n) is 15.7. The minimum atomic E-state index is -0.371. The predicted molar refractivity (Wildman–Crippen MR) is 110 cm³/mol. The minimum Gasteiger partial charge on any atom is -0.465 e. The number of benzene rings is 1. The van der Waals surface area contributed by atoms with Crippen LogP contribution < -0.4 is 5.32 Å². The molecule has 0 radical (unpaired) electrons. The number of nitrogens with zero attached hydrogens (tertiary/aromatic N) is 1. The average molecular weight is 423 g/mol. The van der Waals surface area contributed by atoms with Crippen LogP contribution in [0.1, 0.15) is 12.7 Å². The highest BCUT2D eigenvalue weighted by atomic mass is 35.5. The summed E-state index contributed by atoms with van der Waals surface area (Å²) in [6.45, 7) is 3.26. The molecule has 3 rings (SSSR count). The van der Waals surface area contributed by atoms with Crippen molar-refractivity contribution in [3.63, 3.8) is 0 Å². The quantitative estimate of drug-likeness (QED) is 0.691. The number of nitrogens with one attached hydrogen (secondary N) is 1. The molecule has 1 aromatic heterocycles. The van der Waals surface area contributed by atoms with Crippen LogP contribution in [0.15, 0.2) is 40.8 Å². The number of rotatable bonds is 7. The number of hydrogen-bond donors (Lipinski definition) is 1. The number of thioether (sulfide) groups is 1. The first kappa shape index (κ1) is 20.8. The fourth-order valence-electron chi connectivity index (χ4n) is 2.95. The molecule has 1 aliphatic heterocycles.